The van der Waals surface area contributed by atoms with Crippen LogP contribution in [0.4, 0.5) is 10.5 Å². The number of allylic oxidation sites excluding steroid dienone is 4. The van der Waals surface area contributed by atoms with E-state index in [0.717, 1.165) is 25.9 Å². The maximum absolute atomic E-state index is 12.8. The number of hydrogen-bond donors (Lipinski definition) is 0. The molecule has 21 heavy (non-hydrogen) atoms. The van der Waals surface area contributed by atoms with Gasteiger partial charge in [0.05, 0.1) is 5.69 Å². The van der Waals surface area contributed by atoms with Crippen LogP contribution in [0.5, 0.6) is 0 Å². The van der Waals surface area contributed by atoms with Crippen LogP contribution in [0.3, 0.4) is 0 Å². The van der Waals surface area contributed by atoms with Crippen LogP contribution in [0.25, 0.3) is 0 Å². The predicted octanol–water partition coefficient (Wildman–Crippen LogP) is 2.92. The highest BCUT2D eigenvalue weighted by Gasteiger charge is 2.30. The number of para-hydroxylation sites is 1. The molecular formula is C17H17N2O2. The molecular weight excluding hydrogens is 264 g/mol. The number of urea groups is 1. The van der Waals surface area contributed by atoms with E-state index in [1.807, 2.05) is 30.3 Å². The summed E-state index contributed by atoms with van der Waals surface area (Å²) in [6.45, 7) is 1.50. The molecule has 0 spiro atoms. The van der Waals surface area contributed by atoms with Gasteiger partial charge in [0.2, 0.25) is 0 Å². The van der Waals surface area contributed by atoms with Crippen LogP contribution in [-0.4, -0.2) is 29.8 Å². The first kappa shape index (κ1) is 13.6. The third-order valence-electron chi connectivity index (χ3n) is 3.71. The second-order valence-electron chi connectivity index (χ2n) is 5.17. The lowest BCUT2D eigenvalue weighted by Gasteiger charge is -2.29. The number of carbonyl (C=O) groups excluding carboxylic acids is 2. The SMILES string of the molecule is O=C1CC=C[C]=C1N(C(=O)N1CCCC1)c1ccccc1. The molecule has 1 radical (unpaired) electrons. The Morgan fingerprint density at radius 3 is 2.52 bits per heavy atom. The van der Waals surface area contributed by atoms with Crippen molar-refractivity contribution in [1.29, 1.82) is 0 Å². The summed E-state index contributed by atoms with van der Waals surface area (Å²) in [5, 5.41) is 0. The van der Waals surface area contributed by atoms with Crippen LogP contribution in [0.2, 0.25) is 0 Å². The fraction of sp³-hybridized carbons (Fsp3) is 0.294. The summed E-state index contributed by atoms with van der Waals surface area (Å²) in [6.07, 6.45) is 8.76. The minimum Gasteiger partial charge on any atom is -0.324 e. The van der Waals surface area contributed by atoms with Crippen molar-refractivity contribution < 1.29 is 9.59 Å². The van der Waals surface area contributed by atoms with Crippen molar-refractivity contribution >= 4 is 17.5 Å². The minimum absolute atomic E-state index is 0.0751. The Labute approximate surface area is 124 Å². The van der Waals surface area contributed by atoms with Gasteiger partial charge in [-0.2, -0.15) is 0 Å². The standard InChI is InChI=1S/C17H17N2O2/c20-16-11-5-4-10-15(16)19(14-8-2-1-3-9-14)17(21)18-12-6-7-13-18/h1-5,8-9H,6-7,11-13H2. The van der Waals surface area contributed by atoms with E-state index in [0.29, 0.717) is 17.8 Å². The van der Waals surface area contributed by atoms with Gasteiger partial charge in [-0.3, -0.25) is 9.69 Å². The molecule has 2 aliphatic rings. The van der Waals surface area contributed by atoms with Crippen molar-refractivity contribution in [3.8, 4) is 0 Å². The summed E-state index contributed by atoms with van der Waals surface area (Å²) < 4.78 is 0. The molecule has 1 saturated heterocycles. The van der Waals surface area contributed by atoms with E-state index in [1.54, 1.807) is 17.1 Å². The van der Waals surface area contributed by atoms with Crippen molar-refractivity contribution in [2.45, 2.75) is 19.3 Å². The molecule has 1 heterocycles. The van der Waals surface area contributed by atoms with Gasteiger partial charge in [-0.1, -0.05) is 30.4 Å². The lowest BCUT2D eigenvalue weighted by molar-refractivity contribution is -0.115. The number of anilines is 1. The topological polar surface area (TPSA) is 40.6 Å². The minimum atomic E-state index is -0.134. The molecule has 0 unspecified atom stereocenters. The Kier molecular flexibility index (Phi) is 3.86. The summed E-state index contributed by atoms with van der Waals surface area (Å²) >= 11 is 0. The summed E-state index contributed by atoms with van der Waals surface area (Å²) in [6, 6.07) is 9.17. The fourth-order valence-corrected chi connectivity index (χ4v) is 2.63. The summed E-state index contributed by atoms with van der Waals surface area (Å²) in [4.78, 5) is 28.3. The van der Waals surface area contributed by atoms with E-state index >= 15 is 0 Å². The molecule has 1 fully saturated rings. The third-order valence-corrected chi connectivity index (χ3v) is 3.71. The van der Waals surface area contributed by atoms with Crippen molar-refractivity contribution in [3.05, 3.63) is 54.3 Å². The van der Waals surface area contributed by atoms with Crippen molar-refractivity contribution in [3.63, 3.8) is 0 Å². The number of Topliss-reactive ketones (excluding diaryl/α,β-unsaturated/α-hetero) is 1. The Morgan fingerprint density at radius 1 is 1.14 bits per heavy atom. The Bertz CT molecular complexity index is 598. The molecule has 107 valence electrons. The Balaban J connectivity index is 1.98. The van der Waals surface area contributed by atoms with Crippen LogP contribution in [-0.2, 0) is 4.79 Å². The normalized spacial score (nSPS) is 17.8. The monoisotopic (exact) mass is 281 g/mol. The molecule has 0 atom stereocenters. The molecule has 0 saturated carbocycles. The van der Waals surface area contributed by atoms with Gasteiger partial charge in [-0.15, -0.1) is 0 Å². The molecule has 0 N–H and O–H groups in total. The Hall–Kier alpha value is -2.36. The number of carbonyl (C=O) groups is 2. The van der Waals surface area contributed by atoms with Gasteiger partial charge >= 0.3 is 6.03 Å². The third kappa shape index (κ3) is 2.75. The zero-order chi connectivity index (χ0) is 14.7. The highest BCUT2D eigenvalue weighted by atomic mass is 16.2. The molecule has 4 nitrogen and oxygen atoms in total. The zero-order valence-corrected chi connectivity index (χ0v) is 11.8. The number of hydrogen-bond acceptors (Lipinski definition) is 2. The van der Waals surface area contributed by atoms with Crippen molar-refractivity contribution in [2.75, 3.05) is 18.0 Å². The summed E-state index contributed by atoms with van der Waals surface area (Å²) in [5.74, 6) is -0.0751. The van der Waals surface area contributed by atoms with Crippen molar-refractivity contribution in [2.24, 2.45) is 0 Å². The van der Waals surface area contributed by atoms with Gasteiger partial charge in [0.1, 0.15) is 5.70 Å². The number of nitrogens with zero attached hydrogens (tertiary/aromatic N) is 2. The molecule has 1 aliphatic carbocycles. The zero-order valence-electron chi connectivity index (χ0n) is 11.8. The van der Waals surface area contributed by atoms with E-state index in [1.165, 1.54) is 4.90 Å². The number of likely N-dealkylation sites (tertiary alicyclic amines) is 1. The van der Waals surface area contributed by atoms with Gasteiger partial charge in [0.15, 0.2) is 5.78 Å². The first-order valence-electron chi connectivity index (χ1n) is 7.23. The summed E-state index contributed by atoms with van der Waals surface area (Å²) in [5.41, 5.74) is 1.04. The molecule has 0 bridgehead atoms. The number of benzene rings is 1. The number of amides is 2. The van der Waals surface area contributed by atoms with Gasteiger partial charge < -0.3 is 4.90 Å². The van der Waals surface area contributed by atoms with Gasteiger partial charge in [0, 0.05) is 25.6 Å². The lowest BCUT2D eigenvalue weighted by Crippen LogP contribution is -2.43. The quantitative estimate of drug-likeness (QED) is 0.836. The largest absolute Gasteiger partial charge is 0.329 e. The summed E-state index contributed by atoms with van der Waals surface area (Å²) in [7, 11) is 0. The second-order valence-corrected chi connectivity index (χ2v) is 5.17. The average molecular weight is 281 g/mol. The van der Waals surface area contributed by atoms with Gasteiger partial charge in [-0.05, 0) is 25.0 Å². The van der Waals surface area contributed by atoms with E-state index in [9.17, 15) is 9.59 Å². The van der Waals surface area contributed by atoms with Gasteiger partial charge in [-0.25, -0.2) is 4.79 Å². The maximum atomic E-state index is 12.8. The first-order valence-corrected chi connectivity index (χ1v) is 7.23. The van der Waals surface area contributed by atoms with E-state index in [2.05, 4.69) is 6.08 Å². The molecule has 4 heteroatoms. The van der Waals surface area contributed by atoms with E-state index < -0.39 is 0 Å². The van der Waals surface area contributed by atoms with Crippen LogP contribution in [0.1, 0.15) is 19.3 Å². The number of ketones is 1. The maximum Gasteiger partial charge on any atom is 0.329 e. The average Bonchev–Trinajstić information content (AvgIpc) is 3.05. The second kappa shape index (κ2) is 5.95. The van der Waals surface area contributed by atoms with Crippen LogP contribution < -0.4 is 4.90 Å². The molecule has 3 rings (SSSR count). The molecule has 0 aromatic heterocycles. The first-order chi connectivity index (χ1) is 10.3. The lowest BCUT2D eigenvalue weighted by atomic mass is 10.1. The van der Waals surface area contributed by atoms with Crippen molar-refractivity contribution in [1.82, 2.24) is 4.90 Å². The predicted molar refractivity (Wildman–Crippen MR) is 80.6 cm³/mol. The fourth-order valence-electron chi connectivity index (χ4n) is 2.63. The Morgan fingerprint density at radius 2 is 1.86 bits per heavy atom. The molecule has 1 aliphatic heterocycles. The molecule has 1 aromatic rings. The molecule has 1 aromatic carbocycles. The smallest absolute Gasteiger partial charge is 0.324 e. The van der Waals surface area contributed by atoms with Crippen LogP contribution in [0.15, 0.2) is 48.2 Å². The van der Waals surface area contributed by atoms with Crippen LogP contribution in [0, 0.1) is 6.08 Å². The van der Waals surface area contributed by atoms with E-state index in [-0.39, 0.29) is 11.8 Å². The van der Waals surface area contributed by atoms with E-state index in [4.69, 9.17) is 0 Å². The van der Waals surface area contributed by atoms with Crippen LogP contribution >= 0.6 is 0 Å². The highest BCUT2D eigenvalue weighted by molar-refractivity contribution is 6.09. The van der Waals surface area contributed by atoms with Gasteiger partial charge in [0.25, 0.3) is 0 Å². The number of rotatable bonds is 2. The highest BCUT2D eigenvalue weighted by Crippen LogP contribution is 2.25. The molecule has 2 amide bonds.